The van der Waals surface area contributed by atoms with Crippen LogP contribution in [0.1, 0.15) is 11.7 Å². The number of hydrogen-bond acceptors (Lipinski definition) is 3. The van der Waals surface area contributed by atoms with Crippen LogP contribution in [0.5, 0.6) is 5.75 Å². The summed E-state index contributed by atoms with van der Waals surface area (Å²) in [7, 11) is 0. The van der Waals surface area contributed by atoms with E-state index in [9.17, 15) is 13.2 Å². The Bertz CT molecular complexity index is 375. The molecule has 1 saturated heterocycles. The molecular weight excluding hydrogens is 235 g/mol. The van der Waals surface area contributed by atoms with Crippen molar-refractivity contribution in [3.05, 3.63) is 29.8 Å². The first kappa shape index (κ1) is 12.2. The third-order valence-electron chi connectivity index (χ3n) is 2.39. The molecule has 1 aliphatic rings. The van der Waals surface area contributed by atoms with E-state index in [1.807, 2.05) is 0 Å². The van der Waals surface area contributed by atoms with Crippen LogP contribution in [0.25, 0.3) is 0 Å². The number of rotatable bonds is 2. The Morgan fingerprint density at radius 2 is 2.18 bits per heavy atom. The molecule has 17 heavy (non-hydrogen) atoms. The molecule has 1 heterocycles. The van der Waals surface area contributed by atoms with Gasteiger partial charge in [-0.05, 0) is 17.7 Å². The normalized spacial score (nSPS) is 21.2. The average Bonchev–Trinajstić information content (AvgIpc) is 2.28. The SMILES string of the molecule is FC(F)(F)Oc1cccc([C@@H]2CNCCO2)c1. The molecule has 0 unspecified atom stereocenters. The Labute approximate surface area is 96.5 Å². The van der Waals surface area contributed by atoms with Gasteiger partial charge in [-0.3, -0.25) is 0 Å². The summed E-state index contributed by atoms with van der Waals surface area (Å²) in [5, 5.41) is 3.11. The molecule has 0 saturated carbocycles. The van der Waals surface area contributed by atoms with Crippen molar-refractivity contribution >= 4 is 0 Å². The zero-order valence-corrected chi connectivity index (χ0v) is 8.96. The fraction of sp³-hybridized carbons (Fsp3) is 0.455. The molecule has 0 bridgehead atoms. The lowest BCUT2D eigenvalue weighted by Gasteiger charge is -2.24. The number of hydrogen-bond donors (Lipinski definition) is 1. The van der Waals surface area contributed by atoms with Gasteiger partial charge < -0.3 is 14.8 Å². The molecule has 0 spiro atoms. The molecule has 1 aliphatic heterocycles. The summed E-state index contributed by atoms with van der Waals surface area (Å²) in [6.07, 6.45) is -4.88. The zero-order valence-electron chi connectivity index (χ0n) is 8.96. The number of ether oxygens (including phenoxy) is 2. The van der Waals surface area contributed by atoms with Gasteiger partial charge in [0.15, 0.2) is 0 Å². The van der Waals surface area contributed by atoms with Gasteiger partial charge in [-0.25, -0.2) is 0 Å². The maximum atomic E-state index is 12.0. The van der Waals surface area contributed by atoms with Crippen LogP contribution in [0.15, 0.2) is 24.3 Å². The van der Waals surface area contributed by atoms with Crippen molar-refractivity contribution in [1.29, 1.82) is 0 Å². The topological polar surface area (TPSA) is 30.5 Å². The van der Waals surface area contributed by atoms with Gasteiger partial charge >= 0.3 is 6.36 Å². The highest BCUT2D eigenvalue weighted by Gasteiger charge is 2.31. The third kappa shape index (κ3) is 3.61. The highest BCUT2D eigenvalue weighted by atomic mass is 19.4. The van der Waals surface area contributed by atoms with Crippen molar-refractivity contribution in [3.8, 4) is 5.75 Å². The second-order valence-electron chi connectivity index (χ2n) is 3.68. The minimum Gasteiger partial charge on any atom is -0.406 e. The van der Waals surface area contributed by atoms with Crippen LogP contribution in [0.3, 0.4) is 0 Å². The van der Waals surface area contributed by atoms with Gasteiger partial charge in [-0.15, -0.1) is 13.2 Å². The molecular formula is C11H12F3NO2. The van der Waals surface area contributed by atoms with Crippen LogP contribution in [0.2, 0.25) is 0 Å². The molecule has 0 aromatic heterocycles. The van der Waals surface area contributed by atoms with Crippen molar-refractivity contribution in [3.63, 3.8) is 0 Å². The largest absolute Gasteiger partial charge is 0.573 e. The van der Waals surface area contributed by atoms with Gasteiger partial charge in [0.05, 0.1) is 12.7 Å². The van der Waals surface area contributed by atoms with E-state index in [1.54, 1.807) is 6.07 Å². The summed E-state index contributed by atoms with van der Waals surface area (Å²) >= 11 is 0. The fourth-order valence-corrected chi connectivity index (χ4v) is 1.69. The van der Waals surface area contributed by atoms with E-state index in [-0.39, 0.29) is 11.9 Å². The van der Waals surface area contributed by atoms with E-state index in [1.165, 1.54) is 18.2 Å². The predicted octanol–water partition coefficient (Wildman–Crippen LogP) is 2.25. The molecule has 1 atom stereocenters. The van der Waals surface area contributed by atoms with Crippen LogP contribution in [-0.2, 0) is 4.74 Å². The van der Waals surface area contributed by atoms with Crippen LogP contribution in [0, 0.1) is 0 Å². The van der Waals surface area contributed by atoms with Gasteiger partial charge in [0.1, 0.15) is 5.75 Å². The third-order valence-corrected chi connectivity index (χ3v) is 2.39. The van der Waals surface area contributed by atoms with Crippen LogP contribution >= 0.6 is 0 Å². The quantitative estimate of drug-likeness (QED) is 0.869. The van der Waals surface area contributed by atoms with E-state index in [4.69, 9.17) is 4.74 Å². The van der Waals surface area contributed by atoms with Crippen molar-refractivity contribution in [1.82, 2.24) is 5.32 Å². The summed E-state index contributed by atoms with van der Waals surface area (Å²) in [6.45, 7) is 1.90. The standard InChI is InChI=1S/C11H12F3NO2/c12-11(13,14)17-9-3-1-2-8(6-9)10-7-15-4-5-16-10/h1-3,6,10,15H,4-5,7H2/t10-/m0/s1. The molecule has 1 N–H and O–H groups in total. The average molecular weight is 247 g/mol. The van der Waals surface area contributed by atoms with Gasteiger partial charge in [0, 0.05) is 13.1 Å². The molecule has 0 radical (unpaired) electrons. The van der Waals surface area contributed by atoms with Gasteiger partial charge in [-0.1, -0.05) is 12.1 Å². The Kier molecular flexibility index (Phi) is 3.54. The van der Waals surface area contributed by atoms with E-state index in [0.29, 0.717) is 18.7 Å². The molecule has 1 fully saturated rings. The first-order chi connectivity index (χ1) is 8.04. The number of halogens is 3. The number of alkyl halides is 3. The van der Waals surface area contributed by atoms with E-state index in [2.05, 4.69) is 10.1 Å². The smallest absolute Gasteiger partial charge is 0.406 e. The first-order valence-electron chi connectivity index (χ1n) is 5.22. The van der Waals surface area contributed by atoms with Gasteiger partial charge in [0.25, 0.3) is 0 Å². The van der Waals surface area contributed by atoms with Crippen molar-refractivity contribution < 1.29 is 22.6 Å². The van der Waals surface area contributed by atoms with E-state index < -0.39 is 6.36 Å². The highest BCUT2D eigenvalue weighted by Crippen LogP contribution is 2.27. The van der Waals surface area contributed by atoms with Crippen molar-refractivity contribution in [2.75, 3.05) is 19.7 Å². The van der Waals surface area contributed by atoms with Crippen molar-refractivity contribution in [2.24, 2.45) is 0 Å². The summed E-state index contributed by atoms with van der Waals surface area (Å²) in [5.74, 6) is -0.218. The molecule has 3 nitrogen and oxygen atoms in total. The number of morpholine rings is 1. The zero-order chi connectivity index (χ0) is 12.3. The van der Waals surface area contributed by atoms with E-state index in [0.717, 1.165) is 6.54 Å². The number of nitrogens with one attached hydrogen (secondary N) is 1. The molecule has 0 aliphatic carbocycles. The lowest BCUT2D eigenvalue weighted by atomic mass is 10.1. The summed E-state index contributed by atoms with van der Waals surface area (Å²) in [4.78, 5) is 0. The highest BCUT2D eigenvalue weighted by molar-refractivity contribution is 5.30. The lowest BCUT2D eigenvalue weighted by Crippen LogP contribution is -2.33. The van der Waals surface area contributed by atoms with Gasteiger partial charge in [0.2, 0.25) is 0 Å². The molecule has 1 aromatic rings. The lowest BCUT2D eigenvalue weighted by molar-refractivity contribution is -0.274. The fourth-order valence-electron chi connectivity index (χ4n) is 1.69. The second-order valence-corrected chi connectivity index (χ2v) is 3.68. The van der Waals surface area contributed by atoms with E-state index >= 15 is 0 Å². The minimum atomic E-state index is -4.66. The molecule has 2 rings (SSSR count). The monoisotopic (exact) mass is 247 g/mol. The molecule has 94 valence electrons. The first-order valence-corrected chi connectivity index (χ1v) is 5.22. The second kappa shape index (κ2) is 4.93. The molecule has 0 amide bonds. The Balaban J connectivity index is 2.10. The van der Waals surface area contributed by atoms with Crippen LogP contribution in [0.4, 0.5) is 13.2 Å². The van der Waals surface area contributed by atoms with Gasteiger partial charge in [-0.2, -0.15) is 0 Å². The summed E-state index contributed by atoms with van der Waals surface area (Å²) in [6, 6.07) is 5.87. The molecule has 6 heteroatoms. The number of benzene rings is 1. The Morgan fingerprint density at radius 3 is 2.82 bits per heavy atom. The Morgan fingerprint density at radius 1 is 1.35 bits per heavy atom. The predicted molar refractivity (Wildman–Crippen MR) is 54.7 cm³/mol. The summed E-state index contributed by atoms with van der Waals surface area (Å²) in [5.41, 5.74) is 0.680. The maximum absolute atomic E-state index is 12.0. The van der Waals surface area contributed by atoms with Crippen LogP contribution < -0.4 is 10.1 Å². The minimum absolute atomic E-state index is 0.218. The van der Waals surface area contributed by atoms with Crippen molar-refractivity contribution in [2.45, 2.75) is 12.5 Å². The maximum Gasteiger partial charge on any atom is 0.573 e. The van der Waals surface area contributed by atoms with Crippen LogP contribution in [-0.4, -0.2) is 26.1 Å². The molecule has 1 aromatic carbocycles. The summed E-state index contributed by atoms with van der Waals surface area (Å²) < 4.78 is 45.5. The Hall–Kier alpha value is -1.27.